The third-order valence-electron chi connectivity index (χ3n) is 0. The summed E-state index contributed by atoms with van der Waals surface area (Å²) in [6.45, 7) is 0. The molecule has 0 aliphatic heterocycles. The van der Waals surface area contributed by atoms with Crippen molar-refractivity contribution in [3.05, 3.63) is 10.1 Å². The average Bonchev–Trinajstić information content (AvgIpc) is 0.918. The molecule has 3 nitrogen and oxygen atoms in total. The summed E-state index contributed by atoms with van der Waals surface area (Å²) in [6.07, 6.45) is 0. The second kappa shape index (κ2) is 8.82. The zero-order valence-electron chi connectivity index (χ0n) is 1.32. The van der Waals surface area contributed by atoms with E-state index in [9.17, 15) is 0 Å². The Hall–Kier alpha value is 1.45. The molecule has 0 aliphatic carbocycles. The molecule has 1 N–H and O–H groups in total. The molecule has 0 aromatic carbocycles. The van der Waals surface area contributed by atoms with E-state index in [-0.39, 0.29) is 74.2 Å². The monoisotopic (exact) mass is 181 g/mol. The van der Waals surface area contributed by atoms with Crippen LogP contribution in [0.1, 0.15) is 0 Å². The Labute approximate surface area is 82.1 Å². The summed E-state index contributed by atoms with van der Waals surface area (Å²) in [5, 5.41) is 8.38. The quantitative estimate of drug-likeness (QED) is 0.337. The van der Waals surface area contributed by atoms with Crippen LogP contribution in [-0.2, 0) is 0 Å². The third-order valence-corrected chi connectivity index (χ3v) is 0. The SMILES string of the molecule is O=[NH+][O-].[CsH]. The van der Waals surface area contributed by atoms with Crippen LogP contribution in [0, 0.1) is 10.1 Å². The fraction of sp³-hybridized carbons (Fsp3) is 0. The molecule has 0 aromatic heterocycles. The summed E-state index contributed by atoms with van der Waals surface area (Å²) in [7, 11) is 0. The van der Waals surface area contributed by atoms with Crippen LogP contribution in [0.3, 0.4) is 0 Å². The Morgan fingerprint density at radius 2 is 1.75 bits per heavy atom. The maximum absolute atomic E-state index is 8.12. The zero-order chi connectivity index (χ0) is 2.71. The van der Waals surface area contributed by atoms with Crippen LogP contribution >= 0.6 is 0 Å². The molecule has 20 valence electrons. The van der Waals surface area contributed by atoms with E-state index in [1.807, 2.05) is 0 Å². The number of hydrogen-bond donors (Lipinski definition) is 1. The molecule has 0 fully saturated rings. The van der Waals surface area contributed by atoms with E-state index in [1.165, 1.54) is 0 Å². The second-order valence-electron chi connectivity index (χ2n) is 0.0833. The summed E-state index contributed by atoms with van der Waals surface area (Å²) in [5.74, 6) is 0. The number of nitrogens with one attached hydrogen (secondary N) is 1. The Morgan fingerprint density at radius 1 is 1.75 bits per heavy atom. The molecule has 0 spiro atoms. The van der Waals surface area contributed by atoms with Crippen molar-refractivity contribution in [2.45, 2.75) is 0 Å². The first-order chi connectivity index (χ1) is 1.41. The molecule has 0 rings (SSSR count). The van der Waals surface area contributed by atoms with Gasteiger partial charge in [0.2, 0.25) is 0 Å². The van der Waals surface area contributed by atoms with Crippen molar-refractivity contribution in [2.75, 3.05) is 0 Å². The van der Waals surface area contributed by atoms with Gasteiger partial charge in [0.15, 0.2) is 0 Å². The normalized spacial score (nSPS) is 3.00. The summed E-state index contributed by atoms with van der Waals surface area (Å²) in [5.41, 5.74) is 0. The Bertz CT molecular complexity index is 13.5. The summed E-state index contributed by atoms with van der Waals surface area (Å²) in [4.78, 5) is 8.12. The van der Waals surface area contributed by atoms with Gasteiger partial charge in [-0.1, -0.05) is 0 Å². The third kappa shape index (κ3) is 9.84. The van der Waals surface area contributed by atoms with Crippen molar-refractivity contribution in [3.63, 3.8) is 0 Å². The van der Waals surface area contributed by atoms with E-state index in [0.717, 1.165) is 0 Å². The van der Waals surface area contributed by atoms with E-state index in [4.69, 9.17) is 10.1 Å². The van der Waals surface area contributed by atoms with E-state index in [2.05, 4.69) is 0 Å². The van der Waals surface area contributed by atoms with Crippen molar-refractivity contribution in [3.8, 4) is 0 Å². The summed E-state index contributed by atoms with van der Waals surface area (Å²) < 4.78 is 0. The van der Waals surface area contributed by atoms with E-state index >= 15 is 0 Å². The van der Waals surface area contributed by atoms with Gasteiger partial charge >= 0.3 is 68.9 Å². The molecule has 0 saturated carbocycles. The standard InChI is InChI=1S/Cs.HNO2.H/c;2-1-3;/h;1H;. The van der Waals surface area contributed by atoms with Crippen molar-refractivity contribution in [1.29, 1.82) is 0 Å². The molecular formula is H2CsNO2. The first-order valence-corrected chi connectivity index (χ1v) is 0.408. The van der Waals surface area contributed by atoms with Gasteiger partial charge in [-0.2, -0.15) is 0 Å². The second-order valence-corrected chi connectivity index (χ2v) is 0.0833. The number of rotatable bonds is 0. The van der Waals surface area contributed by atoms with Gasteiger partial charge in [-0.05, 0) is 0 Å². The molecule has 4 heavy (non-hydrogen) atoms. The Morgan fingerprint density at radius 3 is 1.75 bits per heavy atom. The van der Waals surface area contributed by atoms with Crippen LogP contribution < -0.4 is 5.34 Å². The molecule has 0 bridgehead atoms. The fourth-order valence-electron chi connectivity index (χ4n) is 0. The van der Waals surface area contributed by atoms with Crippen molar-refractivity contribution < 1.29 is 5.34 Å². The van der Waals surface area contributed by atoms with Crippen molar-refractivity contribution >= 4 is 68.9 Å². The minimum atomic E-state index is 0. The molecule has 0 aliphatic rings. The average molecular weight is 181 g/mol. The van der Waals surface area contributed by atoms with Gasteiger partial charge in [0, 0.05) is 5.34 Å². The van der Waals surface area contributed by atoms with Crippen LogP contribution in [0.25, 0.3) is 0 Å². The van der Waals surface area contributed by atoms with Crippen LogP contribution in [-0.4, -0.2) is 68.9 Å². The topological polar surface area (TPSA) is 54.1 Å². The van der Waals surface area contributed by atoms with Gasteiger partial charge < -0.3 is 0 Å². The first kappa shape index (κ1) is 9.07. The maximum atomic E-state index is 8.12. The summed E-state index contributed by atoms with van der Waals surface area (Å²) >= 11 is 0. The molecule has 0 atom stereocenters. The predicted octanol–water partition coefficient (Wildman–Crippen LogP) is -2.32. The zero-order valence-corrected chi connectivity index (χ0v) is 1.32. The molecule has 4 heteroatoms. The van der Waals surface area contributed by atoms with E-state index in [0.29, 0.717) is 0 Å². The molecule has 0 amide bonds. The molecule has 0 heterocycles. The molecule has 0 saturated heterocycles. The van der Waals surface area contributed by atoms with Gasteiger partial charge in [-0.15, -0.1) is 0 Å². The predicted molar refractivity (Wildman–Crippen MR) is 14.8 cm³/mol. The van der Waals surface area contributed by atoms with E-state index in [1.54, 1.807) is 0 Å². The van der Waals surface area contributed by atoms with E-state index < -0.39 is 0 Å². The number of hydrogen-bond acceptors (Lipinski definition) is 2. The van der Waals surface area contributed by atoms with Gasteiger partial charge in [0.05, 0.1) is 0 Å². The first-order valence-electron chi connectivity index (χ1n) is 0.408. The molecular weight excluding hydrogens is 179 g/mol. The Balaban J connectivity index is 0. The molecule has 0 unspecified atom stereocenters. The van der Waals surface area contributed by atoms with Crippen LogP contribution in [0.4, 0.5) is 0 Å². The summed E-state index contributed by atoms with van der Waals surface area (Å²) in [6, 6.07) is 0. The molecule has 0 radical (unpaired) electrons. The van der Waals surface area contributed by atoms with Gasteiger partial charge in [-0.25, -0.2) is 0 Å². The van der Waals surface area contributed by atoms with Crippen LogP contribution in [0.2, 0.25) is 0 Å². The fourth-order valence-corrected chi connectivity index (χ4v) is 0. The molecule has 0 aromatic rings. The minimum absolute atomic E-state index is 0. The van der Waals surface area contributed by atoms with Gasteiger partial charge in [0.25, 0.3) is 0 Å². The van der Waals surface area contributed by atoms with Crippen LogP contribution in [0.5, 0.6) is 0 Å². The van der Waals surface area contributed by atoms with Gasteiger partial charge in [-0.3, -0.25) is 10.1 Å². The van der Waals surface area contributed by atoms with Crippen molar-refractivity contribution in [1.82, 2.24) is 0 Å². The Kier molecular flexibility index (Phi) is 20.0. The van der Waals surface area contributed by atoms with Crippen LogP contribution in [0.15, 0.2) is 0 Å². The van der Waals surface area contributed by atoms with Crippen molar-refractivity contribution in [2.24, 2.45) is 0 Å². The van der Waals surface area contributed by atoms with Gasteiger partial charge in [0.1, 0.15) is 0 Å².